The lowest BCUT2D eigenvalue weighted by Crippen LogP contribution is -2.49. The molecule has 0 aromatic rings. The molecular weight excluding hydrogens is 194 g/mol. The second-order valence-corrected chi connectivity index (χ2v) is 3.92. The SMILES string of the molecule is CCN1CCOC(CNC(=O)C(C)N)C1. The first-order valence-corrected chi connectivity index (χ1v) is 5.50. The molecule has 88 valence electrons. The topological polar surface area (TPSA) is 67.6 Å². The van der Waals surface area contributed by atoms with Gasteiger partial charge in [-0.1, -0.05) is 6.92 Å². The molecule has 2 unspecified atom stereocenters. The van der Waals surface area contributed by atoms with Crippen LogP contribution in [-0.2, 0) is 9.53 Å². The Kier molecular flexibility index (Phi) is 5.01. The Hall–Kier alpha value is -0.650. The number of rotatable bonds is 4. The van der Waals surface area contributed by atoms with Crippen molar-refractivity contribution in [2.75, 3.05) is 32.8 Å². The zero-order chi connectivity index (χ0) is 11.3. The lowest BCUT2D eigenvalue weighted by Gasteiger charge is -2.32. The number of nitrogens with one attached hydrogen (secondary N) is 1. The minimum absolute atomic E-state index is 0.0985. The molecule has 1 heterocycles. The Morgan fingerprint density at radius 1 is 1.73 bits per heavy atom. The van der Waals surface area contributed by atoms with Crippen molar-refractivity contribution >= 4 is 5.91 Å². The summed E-state index contributed by atoms with van der Waals surface area (Å²) in [5.41, 5.74) is 5.44. The summed E-state index contributed by atoms with van der Waals surface area (Å²) in [6.07, 6.45) is 0.0985. The van der Waals surface area contributed by atoms with Crippen LogP contribution in [0.15, 0.2) is 0 Å². The first-order chi connectivity index (χ1) is 7.13. The van der Waals surface area contributed by atoms with Crippen molar-refractivity contribution in [3.63, 3.8) is 0 Å². The van der Waals surface area contributed by atoms with Crippen LogP contribution in [0.5, 0.6) is 0 Å². The van der Waals surface area contributed by atoms with Crippen LogP contribution in [0.1, 0.15) is 13.8 Å². The Bertz CT molecular complexity index is 209. The number of nitrogens with two attached hydrogens (primary N) is 1. The molecule has 0 spiro atoms. The average molecular weight is 215 g/mol. The Balaban J connectivity index is 2.23. The molecule has 15 heavy (non-hydrogen) atoms. The van der Waals surface area contributed by atoms with E-state index in [1.54, 1.807) is 6.92 Å². The number of morpholine rings is 1. The number of likely N-dealkylation sites (N-methyl/N-ethyl adjacent to an activating group) is 1. The molecule has 0 aliphatic carbocycles. The van der Waals surface area contributed by atoms with Gasteiger partial charge in [0.2, 0.25) is 5.91 Å². The van der Waals surface area contributed by atoms with E-state index in [0.29, 0.717) is 6.54 Å². The Morgan fingerprint density at radius 2 is 2.47 bits per heavy atom. The Morgan fingerprint density at radius 3 is 3.07 bits per heavy atom. The number of hydrogen-bond acceptors (Lipinski definition) is 4. The van der Waals surface area contributed by atoms with Crippen LogP contribution < -0.4 is 11.1 Å². The summed E-state index contributed by atoms with van der Waals surface area (Å²) in [6, 6.07) is -0.448. The van der Waals surface area contributed by atoms with Gasteiger partial charge < -0.3 is 15.8 Å². The van der Waals surface area contributed by atoms with Gasteiger partial charge in [0.25, 0.3) is 0 Å². The third-order valence-corrected chi connectivity index (χ3v) is 2.59. The molecular formula is C10H21N3O2. The summed E-state index contributed by atoms with van der Waals surface area (Å²) >= 11 is 0. The highest BCUT2D eigenvalue weighted by atomic mass is 16.5. The summed E-state index contributed by atoms with van der Waals surface area (Å²) < 4.78 is 5.54. The summed E-state index contributed by atoms with van der Waals surface area (Å²) in [6.45, 7) is 7.99. The van der Waals surface area contributed by atoms with Crippen LogP contribution in [0.3, 0.4) is 0 Å². The van der Waals surface area contributed by atoms with Crippen molar-refractivity contribution in [3.8, 4) is 0 Å². The standard InChI is InChI=1S/C10H21N3O2/c1-3-13-4-5-15-9(7-13)6-12-10(14)8(2)11/h8-9H,3-7,11H2,1-2H3,(H,12,14). The molecule has 2 atom stereocenters. The fraction of sp³-hybridized carbons (Fsp3) is 0.900. The molecule has 1 aliphatic heterocycles. The van der Waals surface area contributed by atoms with Gasteiger partial charge >= 0.3 is 0 Å². The highest BCUT2D eigenvalue weighted by molar-refractivity contribution is 5.80. The van der Waals surface area contributed by atoms with Crippen molar-refractivity contribution in [2.45, 2.75) is 26.0 Å². The van der Waals surface area contributed by atoms with Crippen molar-refractivity contribution in [2.24, 2.45) is 5.73 Å². The molecule has 0 aromatic heterocycles. The van der Waals surface area contributed by atoms with E-state index < -0.39 is 6.04 Å². The number of amides is 1. The van der Waals surface area contributed by atoms with Crippen LogP contribution in [0.4, 0.5) is 0 Å². The molecule has 1 aliphatic rings. The smallest absolute Gasteiger partial charge is 0.236 e. The fourth-order valence-electron chi connectivity index (χ4n) is 1.57. The van der Waals surface area contributed by atoms with Gasteiger partial charge in [-0.15, -0.1) is 0 Å². The summed E-state index contributed by atoms with van der Waals surface area (Å²) in [4.78, 5) is 13.5. The maximum Gasteiger partial charge on any atom is 0.236 e. The van der Waals surface area contributed by atoms with Gasteiger partial charge in [0.15, 0.2) is 0 Å². The number of nitrogens with zero attached hydrogens (tertiary/aromatic N) is 1. The fourth-order valence-corrected chi connectivity index (χ4v) is 1.57. The number of carbonyl (C=O) groups excluding carboxylic acids is 1. The van der Waals surface area contributed by atoms with Crippen molar-refractivity contribution in [3.05, 3.63) is 0 Å². The van der Waals surface area contributed by atoms with E-state index in [0.717, 1.165) is 26.2 Å². The first-order valence-electron chi connectivity index (χ1n) is 5.50. The second-order valence-electron chi connectivity index (χ2n) is 3.92. The molecule has 5 heteroatoms. The molecule has 1 rings (SSSR count). The molecule has 1 amide bonds. The molecule has 1 saturated heterocycles. The van der Waals surface area contributed by atoms with Crippen LogP contribution in [0, 0.1) is 0 Å². The summed E-state index contributed by atoms with van der Waals surface area (Å²) in [7, 11) is 0. The zero-order valence-electron chi connectivity index (χ0n) is 9.53. The van der Waals surface area contributed by atoms with Crippen LogP contribution in [0.2, 0.25) is 0 Å². The Labute approximate surface area is 90.9 Å². The highest BCUT2D eigenvalue weighted by Crippen LogP contribution is 2.03. The van der Waals surface area contributed by atoms with Crippen molar-refractivity contribution in [1.82, 2.24) is 10.2 Å². The van der Waals surface area contributed by atoms with E-state index >= 15 is 0 Å². The average Bonchev–Trinajstić information content (AvgIpc) is 2.26. The minimum Gasteiger partial charge on any atom is -0.374 e. The van der Waals surface area contributed by atoms with E-state index in [4.69, 9.17) is 10.5 Å². The zero-order valence-corrected chi connectivity index (χ0v) is 9.53. The lowest BCUT2D eigenvalue weighted by molar-refractivity contribution is -0.123. The van der Waals surface area contributed by atoms with Gasteiger partial charge in [0.05, 0.1) is 18.8 Å². The summed E-state index contributed by atoms with van der Waals surface area (Å²) in [5, 5.41) is 2.78. The minimum atomic E-state index is -0.448. The van der Waals surface area contributed by atoms with Gasteiger partial charge in [-0.25, -0.2) is 0 Å². The molecule has 5 nitrogen and oxygen atoms in total. The maximum atomic E-state index is 11.2. The van der Waals surface area contributed by atoms with Gasteiger partial charge in [0.1, 0.15) is 0 Å². The van der Waals surface area contributed by atoms with Gasteiger partial charge in [-0.05, 0) is 13.5 Å². The number of hydrogen-bond donors (Lipinski definition) is 2. The van der Waals surface area contributed by atoms with E-state index in [1.807, 2.05) is 0 Å². The monoisotopic (exact) mass is 215 g/mol. The number of carbonyl (C=O) groups is 1. The van der Waals surface area contributed by atoms with E-state index in [1.165, 1.54) is 0 Å². The molecule has 0 bridgehead atoms. The van der Waals surface area contributed by atoms with Crippen molar-refractivity contribution in [1.29, 1.82) is 0 Å². The predicted octanol–water partition coefficient (Wildman–Crippen LogP) is -0.829. The number of ether oxygens (including phenoxy) is 1. The molecule has 3 N–H and O–H groups in total. The van der Waals surface area contributed by atoms with Gasteiger partial charge in [-0.3, -0.25) is 9.69 Å². The molecule has 1 fully saturated rings. The molecule has 0 radical (unpaired) electrons. The predicted molar refractivity (Wildman–Crippen MR) is 58.5 cm³/mol. The van der Waals surface area contributed by atoms with Crippen LogP contribution >= 0.6 is 0 Å². The molecule has 0 saturated carbocycles. The highest BCUT2D eigenvalue weighted by Gasteiger charge is 2.20. The van der Waals surface area contributed by atoms with E-state index in [-0.39, 0.29) is 12.0 Å². The first kappa shape index (κ1) is 12.4. The van der Waals surface area contributed by atoms with Crippen LogP contribution in [0.25, 0.3) is 0 Å². The third kappa shape index (κ3) is 4.15. The van der Waals surface area contributed by atoms with Crippen molar-refractivity contribution < 1.29 is 9.53 Å². The maximum absolute atomic E-state index is 11.2. The molecule has 0 aromatic carbocycles. The van der Waals surface area contributed by atoms with Gasteiger partial charge in [0, 0.05) is 19.6 Å². The van der Waals surface area contributed by atoms with Crippen LogP contribution in [-0.4, -0.2) is 55.7 Å². The lowest BCUT2D eigenvalue weighted by atomic mass is 10.2. The summed E-state index contributed by atoms with van der Waals surface area (Å²) in [5.74, 6) is -0.118. The van der Waals surface area contributed by atoms with E-state index in [9.17, 15) is 4.79 Å². The quantitative estimate of drug-likeness (QED) is 0.642. The largest absolute Gasteiger partial charge is 0.374 e. The van der Waals surface area contributed by atoms with E-state index in [2.05, 4.69) is 17.1 Å². The normalized spacial score (nSPS) is 24.9. The second kappa shape index (κ2) is 6.05. The van der Waals surface area contributed by atoms with Gasteiger partial charge in [-0.2, -0.15) is 0 Å². The third-order valence-electron chi connectivity index (χ3n) is 2.59.